The topological polar surface area (TPSA) is 33.6 Å². The average molecular weight is 357 g/mol. The quantitative estimate of drug-likeness (QED) is 0.540. The van der Waals surface area contributed by atoms with Gasteiger partial charge in [-0.25, -0.2) is 0 Å². The summed E-state index contributed by atoms with van der Waals surface area (Å²) >= 11 is 6.11. The van der Waals surface area contributed by atoms with Crippen molar-refractivity contribution in [3.8, 4) is 5.75 Å². The molecule has 0 saturated heterocycles. The standard InChI is InChI=1S/C17H16ClF3N2O/c1-2-9-24-16-8-3-12(10-15(16)18)11-22-23-14-6-4-13(5-7-14)17(19,20)21/h3-8,10-11,23H,2,9H2,1H3. The second-order valence-electron chi connectivity index (χ2n) is 4.98. The van der Waals surface area contributed by atoms with Crippen molar-refractivity contribution >= 4 is 23.5 Å². The van der Waals surface area contributed by atoms with Crippen LogP contribution in [0.25, 0.3) is 0 Å². The summed E-state index contributed by atoms with van der Waals surface area (Å²) in [5.41, 5.74) is 3.16. The molecule has 24 heavy (non-hydrogen) atoms. The van der Waals surface area contributed by atoms with Crippen LogP contribution in [-0.2, 0) is 6.18 Å². The largest absolute Gasteiger partial charge is 0.492 e. The van der Waals surface area contributed by atoms with Gasteiger partial charge in [-0.05, 0) is 54.4 Å². The van der Waals surface area contributed by atoms with Gasteiger partial charge in [0.2, 0.25) is 0 Å². The van der Waals surface area contributed by atoms with Gasteiger partial charge in [0.25, 0.3) is 0 Å². The Kier molecular flexibility index (Phi) is 6.09. The molecule has 2 rings (SSSR count). The molecule has 2 aromatic rings. The fourth-order valence-electron chi connectivity index (χ4n) is 1.84. The van der Waals surface area contributed by atoms with Crippen LogP contribution in [0.2, 0.25) is 5.02 Å². The molecule has 0 aliphatic carbocycles. The zero-order chi connectivity index (χ0) is 17.6. The van der Waals surface area contributed by atoms with Crippen molar-refractivity contribution in [2.24, 2.45) is 5.10 Å². The van der Waals surface area contributed by atoms with Gasteiger partial charge in [0.15, 0.2) is 0 Å². The highest BCUT2D eigenvalue weighted by molar-refractivity contribution is 6.32. The van der Waals surface area contributed by atoms with Gasteiger partial charge in [-0.2, -0.15) is 18.3 Å². The molecule has 0 saturated carbocycles. The summed E-state index contributed by atoms with van der Waals surface area (Å²) < 4.78 is 42.9. The van der Waals surface area contributed by atoms with E-state index in [9.17, 15) is 13.2 Å². The van der Waals surface area contributed by atoms with Gasteiger partial charge in [-0.1, -0.05) is 18.5 Å². The minimum Gasteiger partial charge on any atom is -0.492 e. The Morgan fingerprint density at radius 2 is 1.88 bits per heavy atom. The first-order chi connectivity index (χ1) is 11.4. The molecule has 0 amide bonds. The number of benzene rings is 2. The lowest BCUT2D eigenvalue weighted by Crippen LogP contribution is -2.04. The van der Waals surface area contributed by atoms with Crippen molar-refractivity contribution in [1.82, 2.24) is 0 Å². The first kappa shape index (κ1) is 18.1. The number of hydrogen-bond acceptors (Lipinski definition) is 3. The fourth-order valence-corrected chi connectivity index (χ4v) is 2.09. The summed E-state index contributed by atoms with van der Waals surface area (Å²) in [7, 11) is 0. The van der Waals surface area contributed by atoms with Crippen LogP contribution in [0, 0.1) is 0 Å². The number of rotatable bonds is 6. The van der Waals surface area contributed by atoms with Crippen LogP contribution < -0.4 is 10.2 Å². The van der Waals surface area contributed by atoms with Crippen LogP contribution in [0.15, 0.2) is 47.6 Å². The van der Waals surface area contributed by atoms with Crippen LogP contribution in [-0.4, -0.2) is 12.8 Å². The lowest BCUT2D eigenvalue weighted by atomic mass is 10.2. The first-order valence-electron chi connectivity index (χ1n) is 7.29. The number of ether oxygens (including phenoxy) is 1. The maximum atomic E-state index is 12.5. The molecular weight excluding hydrogens is 341 g/mol. The molecule has 3 nitrogen and oxygen atoms in total. The molecule has 0 radical (unpaired) electrons. The molecule has 2 aromatic carbocycles. The zero-order valence-electron chi connectivity index (χ0n) is 12.9. The number of anilines is 1. The Labute approximate surface area is 143 Å². The second kappa shape index (κ2) is 8.06. The summed E-state index contributed by atoms with van der Waals surface area (Å²) in [5, 5.41) is 4.45. The molecule has 1 N–H and O–H groups in total. The Morgan fingerprint density at radius 3 is 2.46 bits per heavy atom. The van der Waals surface area contributed by atoms with E-state index in [1.165, 1.54) is 18.3 Å². The first-order valence-corrected chi connectivity index (χ1v) is 7.66. The van der Waals surface area contributed by atoms with Gasteiger partial charge in [0, 0.05) is 0 Å². The molecule has 0 aliphatic rings. The van der Waals surface area contributed by atoms with E-state index < -0.39 is 11.7 Å². The number of halogens is 4. The van der Waals surface area contributed by atoms with E-state index >= 15 is 0 Å². The number of alkyl halides is 3. The normalized spacial score (nSPS) is 11.7. The third-order valence-corrected chi connectivity index (χ3v) is 3.33. The summed E-state index contributed by atoms with van der Waals surface area (Å²) in [6, 6.07) is 9.85. The van der Waals surface area contributed by atoms with E-state index in [0.29, 0.717) is 23.1 Å². The zero-order valence-corrected chi connectivity index (χ0v) is 13.7. The SMILES string of the molecule is CCCOc1ccc(C=NNc2ccc(C(F)(F)F)cc2)cc1Cl. The van der Waals surface area contributed by atoms with E-state index in [1.807, 2.05) is 6.92 Å². The van der Waals surface area contributed by atoms with E-state index in [-0.39, 0.29) is 0 Å². The molecule has 0 spiro atoms. The van der Waals surface area contributed by atoms with E-state index in [4.69, 9.17) is 16.3 Å². The lowest BCUT2D eigenvalue weighted by Gasteiger charge is -2.07. The molecule has 0 aromatic heterocycles. The van der Waals surface area contributed by atoms with Gasteiger partial charge >= 0.3 is 6.18 Å². The van der Waals surface area contributed by atoms with Gasteiger partial charge in [0.1, 0.15) is 5.75 Å². The van der Waals surface area contributed by atoms with Crippen molar-refractivity contribution in [2.45, 2.75) is 19.5 Å². The highest BCUT2D eigenvalue weighted by atomic mass is 35.5. The Hall–Kier alpha value is -2.21. The van der Waals surface area contributed by atoms with Crippen molar-refractivity contribution in [1.29, 1.82) is 0 Å². The van der Waals surface area contributed by atoms with Gasteiger partial charge in [0.05, 0.1) is 29.1 Å². The molecule has 0 unspecified atom stereocenters. The smallest absolute Gasteiger partial charge is 0.416 e. The van der Waals surface area contributed by atoms with Crippen molar-refractivity contribution < 1.29 is 17.9 Å². The Balaban J connectivity index is 1.97. The van der Waals surface area contributed by atoms with Crippen LogP contribution in [0.3, 0.4) is 0 Å². The van der Waals surface area contributed by atoms with Crippen LogP contribution >= 0.6 is 11.6 Å². The molecule has 0 atom stereocenters. The number of nitrogens with zero attached hydrogens (tertiary/aromatic N) is 1. The van der Waals surface area contributed by atoms with E-state index in [0.717, 1.165) is 24.1 Å². The van der Waals surface area contributed by atoms with Crippen LogP contribution in [0.4, 0.5) is 18.9 Å². The Bertz CT molecular complexity index is 700. The Morgan fingerprint density at radius 1 is 1.17 bits per heavy atom. The summed E-state index contributed by atoms with van der Waals surface area (Å²) in [4.78, 5) is 0. The molecule has 0 bridgehead atoms. The minimum absolute atomic E-state index is 0.452. The predicted molar refractivity (Wildman–Crippen MR) is 89.9 cm³/mol. The molecule has 0 fully saturated rings. The van der Waals surface area contributed by atoms with Crippen LogP contribution in [0.1, 0.15) is 24.5 Å². The van der Waals surface area contributed by atoms with Crippen LogP contribution in [0.5, 0.6) is 5.75 Å². The molecule has 128 valence electrons. The molecular formula is C17H16ClF3N2O. The van der Waals surface area contributed by atoms with E-state index in [1.54, 1.807) is 18.2 Å². The summed E-state index contributed by atoms with van der Waals surface area (Å²) in [6.45, 7) is 2.59. The molecule has 0 heterocycles. The predicted octanol–water partition coefficient (Wildman–Crippen LogP) is 5.59. The van der Waals surface area contributed by atoms with Crippen molar-refractivity contribution in [2.75, 3.05) is 12.0 Å². The van der Waals surface area contributed by atoms with Gasteiger partial charge < -0.3 is 4.74 Å². The highest BCUT2D eigenvalue weighted by Gasteiger charge is 2.29. The minimum atomic E-state index is -4.35. The monoisotopic (exact) mass is 356 g/mol. The van der Waals surface area contributed by atoms with Crippen molar-refractivity contribution in [3.63, 3.8) is 0 Å². The van der Waals surface area contributed by atoms with E-state index in [2.05, 4.69) is 10.5 Å². The number of hydrazone groups is 1. The molecule has 0 aliphatic heterocycles. The third-order valence-electron chi connectivity index (χ3n) is 3.04. The maximum absolute atomic E-state index is 12.5. The third kappa shape index (κ3) is 5.16. The van der Waals surface area contributed by atoms with Gasteiger partial charge in [-0.3, -0.25) is 5.43 Å². The lowest BCUT2D eigenvalue weighted by molar-refractivity contribution is -0.137. The maximum Gasteiger partial charge on any atom is 0.416 e. The molecule has 7 heteroatoms. The summed E-state index contributed by atoms with van der Waals surface area (Å²) in [5.74, 6) is 0.603. The van der Waals surface area contributed by atoms with Gasteiger partial charge in [-0.15, -0.1) is 0 Å². The summed E-state index contributed by atoms with van der Waals surface area (Å²) in [6.07, 6.45) is -1.94. The fraction of sp³-hybridized carbons (Fsp3) is 0.235. The average Bonchev–Trinajstić information content (AvgIpc) is 2.54. The number of nitrogens with one attached hydrogen (secondary N) is 1. The highest BCUT2D eigenvalue weighted by Crippen LogP contribution is 2.29. The second-order valence-corrected chi connectivity index (χ2v) is 5.39. The van der Waals surface area contributed by atoms with Crippen molar-refractivity contribution in [3.05, 3.63) is 58.6 Å². The number of hydrogen-bond donors (Lipinski definition) is 1.